The summed E-state index contributed by atoms with van der Waals surface area (Å²) in [6.07, 6.45) is 3.56. The second-order valence-electron chi connectivity index (χ2n) is 6.15. The van der Waals surface area contributed by atoms with Gasteiger partial charge in [0.2, 0.25) is 0 Å². The first kappa shape index (κ1) is 13.9. The molecule has 2 saturated heterocycles. The number of carbonyl (C=O) groups excluding carboxylic acids is 1. The van der Waals surface area contributed by atoms with Crippen molar-refractivity contribution >= 4 is 18.2 Å². The highest BCUT2D eigenvalue weighted by Crippen LogP contribution is 2.52. The molecule has 1 aromatic rings. The molecule has 4 rings (SSSR count). The van der Waals surface area contributed by atoms with Crippen LogP contribution in [0.15, 0.2) is 18.2 Å². The molecule has 2 aliphatic heterocycles. The Labute approximate surface area is 125 Å². The number of hydrogen-bond acceptors (Lipinski definition) is 3. The number of piperidine rings is 1. The monoisotopic (exact) mass is 293 g/mol. The van der Waals surface area contributed by atoms with Crippen LogP contribution in [0.4, 0.5) is 0 Å². The fraction of sp³-hybridized carbons (Fsp3) is 0.562. The zero-order valence-electron chi connectivity index (χ0n) is 11.8. The molecule has 1 aromatic carbocycles. The highest BCUT2D eigenvalue weighted by atomic mass is 35.5. The van der Waals surface area contributed by atoms with Crippen LogP contribution in [0.5, 0.6) is 5.75 Å². The summed E-state index contributed by atoms with van der Waals surface area (Å²) in [5, 5.41) is 0. The lowest BCUT2D eigenvalue weighted by Gasteiger charge is -2.39. The van der Waals surface area contributed by atoms with E-state index in [0.717, 1.165) is 17.7 Å². The number of halogens is 1. The molecule has 2 unspecified atom stereocenters. The predicted octanol–water partition coefficient (Wildman–Crippen LogP) is 2.88. The van der Waals surface area contributed by atoms with Crippen LogP contribution in [-0.2, 0) is 0 Å². The molecule has 2 heterocycles. The van der Waals surface area contributed by atoms with Gasteiger partial charge in [-0.2, -0.15) is 0 Å². The fourth-order valence-electron chi connectivity index (χ4n) is 4.52. The van der Waals surface area contributed by atoms with Crippen molar-refractivity contribution < 1.29 is 9.53 Å². The molecule has 4 heteroatoms. The Morgan fingerprint density at radius 3 is 2.85 bits per heavy atom. The molecule has 3 nitrogen and oxygen atoms in total. The van der Waals surface area contributed by atoms with Crippen molar-refractivity contribution in [3.8, 4) is 5.75 Å². The minimum atomic E-state index is 0. The number of ketones is 1. The topological polar surface area (TPSA) is 29.5 Å². The highest BCUT2D eigenvalue weighted by molar-refractivity contribution is 6.04. The van der Waals surface area contributed by atoms with Gasteiger partial charge < -0.3 is 4.74 Å². The molecule has 0 spiro atoms. The van der Waals surface area contributed by atoms with Crippen molar-refractivity contribution in [2.75, 3.05) is 14.2 Å². The van der Waals surface area contributed by atoms with Crippen LogP contribution in [0, 0.1) is 5.92 Å². The van der Waals surface area contributed by atoms with Crippen molar-refractivity contribution in [3.63, 3.8) is 0 Å². The minimum Gasteiger partial charge on any atom is -0.497 e. The lowest BCUT2D eigenvalue weighted by Crippen LogP contribution is -2.46. The first-order valence-electron chi connectivity index (χ1n) is 7.15. The highest BCUT2D eigenvalue weighted by Gasteiger charge is 2.53. The van der Waals surface area contributed by atoms with Gasteiger partial charge in [-0.25, -0.2) is 0 Å². The van der Waals surface area contributed by atoms with Gasteiger partial charge in [0, 0.05) is 23.6 Å². The van der Waals surface area contributed by atoms with Gasteiger partial charge in [-0.15, -0.1) is 12.4 Å². The Hall–Kier alpha value is -1.06. The van der Waals surface area contributed by atoms with Gasteiger partial charge in [0.05, 0.1) is 7.11 Å². The predicted molar refractivity (Wildman–Crippen MR) is 80.0 cm³/mol. The molecule has 2 fully saturated rings. The van der Waals surface area contributed by atoms with E-state index in [4.69, 9.17) is 4.74 Å². The van der Waals surface area contributed by atoms with E-state index in [0.29, 0.717) is 23.8 Å². The van der Waals surface area contributed by atoms with Crippen LogP contribution in [0.2, 0.25) is 0 Å². The number of methoxy groups -OCH3 is 1. The third-order valence-electron chi connectivity index (χ3n) is 5.50. The quantitative estimate of drug-likeness (QED) is 0.797. The Kier molecular flexibility index (Phi) is 3.30. The maximum atomic E-state index is 12.7. The summed E-state index contributed by atoms with van der Waals surface area (Å²) in [5.74, 6) is 1.84. The Morgan fingerprint density at radius 2 is 2.10 bits per heavy atom. The third-order valence-corrected chi connectivity index (χ3v) is 5.50. The molecule has 0 aromatic heterocycles. The van der Waals surface area contributed by atoms with E-state index < -0.39 is 0 Å². The van der Waals surface area contributed by atoms with Gasteiger partial charge in [0.15, 0.2) is 5.78 Å². The zero-order valence-corrected chi connectivity index (χ0v) is 12.7. The van der Waals surface area contributed by atoms with Crippen molar-refractivity contribution in [3.05, 3.63) is 29.3 Å². The van der Waals surface area contributed by atoms with Gasteiger partial charge in [-0.1, -0.05) is 0 Å². The Bertz CT molecular complexity index is 559. The number of ether oxygens (including phenoxy) is 1. The largest absolute Gasteiger partial charge is 0.497 e. The van der Waals surface area contributed by atoms with Gasteiger partial charge in [-0.3, -0.25) is 9.69 Å². The molecule has 2 bridgehead atoms. The van der Waals surface area contributed by atoms with E-state index in [9.17, 15) is 4.79 Å². The van der Waals surface area contributed by atoms with Crippen molar-refractivity contribution in [2.45, 2.75) is 37.3 Å². The zero-order chi connectivity index (χ0) is 13.1. The number of rotatable bonds is 1. The van der Waals surface area contributed by atoms with Gasteiger partial charge in [-0.05, 0) is 56.0 Å². The van der Waals surface area contributed by atoms with E-state index in [2.05, 4.69) is 18.0 Å². The van der Waals surface area contributed by atoms with E-state index in [1.807, 2.05) is 12.1 Å². The van der Waals surface area contributed by atoms with Gasteiger partial charge in [0.25, 0.3) is 0 Å². The average Bonchev–Trinajstić information content (AvgIpc) is 2.83. The third kappa shape index (κ3) is 1.66. The molecular formula is C16H20ClNO2. The molecule has 108 valence electrons. The molecule has 0 saturated carbocycles. The number of fused-ring (bicyclic) bond motifs is 6. The van der Waals surface area contributed by atoms with E-state index in [1.54, 1.807) is 7.11 Å². The maximum Gasteiger partial charge on any atom is 0.168 e. The Morgan fingerprint density at radius 1 is 1.30 bits per heavy atom. The molecule has 0 radical (unpaired) electrons. The maximum absolute atomic E-state index is 12.7. The minimum absolute atomic E-state index is 0. The normalized spacial score (nSPS) is 34.4. The number of carbonyl (C=O) groups is 1. The van der Waals surface area contributed by atoms with Crippen LogP contribution < -0.4 is 4.74 Å². The lowest BCUT2D eigenvalue weighted by atomic mass is 9.80. The van der Waals surface area contributed by atoms with E-state index in [-0.39, 0.29) is 18.3 Å². The van der Waals surface area contributed by atoms with E-state index >= 15 is 0 Å². The number of nitrogens with zero attached hydrogens (tertiary/aromatic N) is 1. The number of benzene rings is 1. The molecule has 1 aliphatic carbocycles. The Balaban J connectivity index is 0.00000121. The van der Waals surface area contributed by atoms with Gasteiger partial charge in [0.1, 0.15) is 5.75 Å². The van der Waals surface area contributed by atoms with E-state index in [1.165, 1.54) is 18.4 Å². The summed E-state index contributed by atoms with van der Waals surface area (Å²) in [6.45, 7) is 0. The molecule has 0 N–H and O–H groups in total. The molecular weight excluding hydrogens is 274 g/mol. The SMILES string of the molecule is COc1ccc2c(c1)[C@H]1CC3CCC([C@H]1C2=O)N3C.Cl. The van der Waals surface area contributed by atoms with Gasteiger partial charge >= 0.3 is 0 Å². The number of Topliss-reactive ketones (excluding diaryl/α,β-unsaturated/α-hetero) is 1. The summed E-state index contributed by atoms with van der Waals surface area (Å²) in [6, 6.07) is 7.08. The molecule has 20 heavy (non-hydrogen) atoms. The lowest BCUT2D eigenvalue weighted by molar-refractivity contribution is 0.0697. The second-order valence-corrected chi connectivity index (χ2v) is 6.15. The average molecular weight is 294 g/mol. The first-order valence-corrected chi connectivity index (χ1v) is 7.15. The van der Waals surface area contributed by atoms with Crippen molar-refractivity contribution in [2.24, 2.45) is 5.92 Å². The molecule has 3 aliphatic rings. The van der Waals surface area contributed by atoms with Crippen LogP contribution in [0.3, 0.4) is 0 Å². The number of hydrogen-bond donors (Lipinski definition) is 0. The second kappa shape index (κ2) is 4.74. The summed E-state index contributed by atoms with van der Waals surface area (Å²) >= 11 is 0. The first-order chi connectivity index (χ1) is 9.20. The van der Waals surface area contributed by atoms with Crippen LogP contribution in [-0.4, -0.2) is 36.9 Å². The van der Waals surface area contributed by atoms with Crippen LogP contribution in [0.25, 0.3) is 0 Å². The van der Waals surface area contributed by atoms with Crippen molar-refractivity contribution in [1.82, 2.24) is 4.90 Å². The van der Waals surface area contributed by atoms with Crippen LogP contribution >= 0.6 is 12.4 Å². The smallest absolute Gasteiger partial charge is 0.168 e. The summed E-state index contributed by atoms with van der Waals surface area (Å²) in [5.41, 5.74) is 2.18. The van der Waals surface area contributed by atoms with Crippen molar-refractivity contribution in [1.29, 1.82) is 0 Å². The standard InChI is InChI=1S/C16H19NO2.ClH/c1-17-9-3-6-14(17)15-13(7-9)12-8-10(19-2)4-5-11(12)16(15)18;/h4-5,8-9,13-15H,3,6-7H2,1-2H3;1H/t9?,13-,14?,15+;/m1./s1. The summed E-state index contributed by atoms with van der Waals surface area (Å²) in [4.78, 5) is 15.1. The molecule has 0 amide bonds. The fourth-order valence-corrected chi connectivity index (χ4v) is 4.52. The summed E-state index contributed by atoms with van der Waals surface area (Å²) < 4.78 is 5.32. The summed E-state index contributed by atoms with van der Waals surface area (Å²) in [7, 11) is 3.88. The van der Waals surface area contributed by atoms with Crippen LogP contribution in [0.1, 0.15) is 41.1 Å². The molecule has 4 atom stereocenters.